The lowest BCUT2D eigenvalue weighted by Gasteiger charge is -2.21. The Balaban J connectivity index is 1.36. The molecule has 0 fully saturated rings. The van der Waals surface area contributed by atoms with E-state index in [4.69, 9.17) is 4.74 Å². The van der Waals surface area contributed by atoms with Crippen LogP contribution in [0, 0.1) is 0 Å². The standard InChI is InChI=1S/C26H26N8O2/c1-33(2)16-24(18-5-4-8-27-11-18)34-15-20(13-29-34)30-26(35)25-22-7-6-17(10-23(22)31-32-25)19-9-21(36-3)14-28-12-19/h4-15,24H,16H2,1-3H3,(H,30,35)(H,31,32). The van der Waals surface area contributed by atoms with Gasteiger partial charge < -0.3 is 15.0 Å². The number of amides is 1. The van der Waals surface area contributed by atoms with Crippen molar-refractivity contribution in [2.24, 2.45) is 0 Å². The molecule has 10 nitrogen and oxygen atoms in total. The SMILES string of the molecule is COc1cncc(-c2ccc3c(C(=O)Nc4cnn(C(CN(C)C)c5cccnc5)c4)n[nH]c3c2)c1. The van der Waals surface area contributed by atoms with Crippen LogP contribution in [0.4, 0.5) is 5.69 Å². The molecule has 0 aliphatic rings. The molecule has 0 spiro atoms. The number of hydrogen-bond acceptors (Lipinski definition) is 7. The number of hydrogen-bond donors (Lipinski definition) is 2. The number of carbonyl (C=O) groups excluding carboxylic acids is 1. The Morgan fingerprint density at radius 2 is 2.00 bits per heavy atom. The van der Waals surface area contributed by atoms with Crippen LogP contribution in [0.5, 0.6) is 5.75 Å². The van der Waals surface area contributed by atoms with Gasteiger partial charge in [0.15, 0.2) is 5.69 Å². The minimum Gasteiger partial charge on any atom is -0.495 e. The van der Waals surface area contributed by atoms with Crippen LogP contribution in [0.2, 0.25) is 0 Å². The molecule has 182 valence electrons. The molecule has 36 heavy (non-hydrogen) atoms. The van der Waals surface area contributed by atoms with Gasteiger partial charge in [-0.1, -0.05) is 12.1 Å². The maximum absolute atomic E-state index is 13.1. The third-order valence-electron chi connectivity index (χ3n) is 5.85. The molecular weight excluding hydrogens is 456 g/mol. The molecule has 5 aromatic rings. The Bertz CT molecular complexity index is 1490. The molecule has 2 N–H and O–H groups in total. The molecule has 1 unspecified atom stereocenters. The number of benzene rings is 1. The van der Waals surface area contributed by atoms with Crippen molar-refractivity contribution in [3.8, 4) is 16.9 Å². The minimum absolute atomic E-state index is 0.0462. The molecule has 4 aromatic heterocycles. The third-order valence-corrected chi connectivity index (χ3v) is 5.85. The molecule has 0 aliphatic heterocycles. The second-order valence-electron chi connectivity index (χ2n) is 8.67. The largest absolute Gasteiger partial charge is 0.495 e. The Morgan fingerprint density at radius 3 is 2.78 bits per heavy atom. The van der Waals surface area contributed by atoms with E-state index in [0.717, 1.165) is 34.1 Å². The maximum Gasteiger partial charge on any atom is 0.276 e. The van der Waals surface area contributed by atoms with Crippen molar-refractivity contribution >= 4 is 22.5 Å². The van der Waals surface area contributed by atoms with Crippen molar-refractivity contribution < 1.29 is 9.53 Å². The number of methoxy groups -OCH3 is 1. The number of carbonyl (C=O) groups is 1. The van der Waals surface area contributed by atoms with Crippen LogP contribution in [-0.2, 0) is 0 Å². The summed E-state index contributed by atoms with van der Waals surface area (Å²) in [4.78, 5) is 23.6. The normalized spacial score (nSPS) is 12.1. The fourth-order valence-electron chi connectivity index (χ4n) is 4.08. The Kier molecular flexibility index (Phi) is 6.42. The van der Waals surface area contributed by atoms with E-state index < -0.39 is 0 Å². The summed E-state index contributed by atoms with van der Waals surface area (Å²) in [7, 11) is 5.62. The lowest BCUT2D eigenvalue weighted by molar-refractivity contribution is 0.102. The fourth-order valence-corrected chi connectivity index (χ4v) is 4.08. The highest BCUT2D eigenvalue weighted by Gasteiger charge is 2.19. The number of anilines is 1. The van der Waals surface area contributed by atoms with Gasteiger partial charge in [-0.3, -0.25) is 24.5 Å². The van der Waals surface area contributed by atoms with Crippen LogP contribution >= 0.6 is 0 Å². The summed E-state index contributed by atoms with van der Waals surface area (Å²) in [5.41, 5.74) is 4.53. The predicted octanol–water partition coefficient (Wildman–Crippen LogP) is 3.63. The van der Waals surface area contributed by atoms with Crippen LogP contribution in [0.3, 0.4) is 0 Å². The third kappa shape index (κ3) is 4.80. The first-order valence-electron chi connectivity index (χ1n) is 11.4. The molecule has 0 bridgehead atoms. The zero-order valence-corrected chi connectivity index (χ0v) is 20.2. The van der Waals surface area contributed by atoms with E-state index in [1.54, 1.807) is 31.9 Å². The summed E-state index contributed by atoms with van der Waals surface area (Å²) in [6, 6.07) is 11.5. The number of aromatic nitrogens is 6. The number of nitrogens with one attached hydrogen (secondary N) is 2. The van der Waals surface area contributed by atoms with Crippen LogP contribution in [0.25, 0.3) is 22.0 Å². The van der Waals surface area contributed by atoms with Gasteiger partial charge in [0.1, 0.15) is 5.75 Å². The second-order valence-corrected chi connectivity index (χ2v) is 8.67. The van der Waals surface area contributed by atoms with Gasteiger partial charge in [0.25, 0.3) is 5.91 Å². The fraction of sp³-hybridized carbons (Fsp3) is 0.192. The van der Waals surface area contributed by atoms with Gasteiger partial charge in [-0.15, -0.1) is 0 Å². The molecule has 1 amide bonds. The molecular formula is C26H26N8O2. The molecule has 5 rings (SSSR count). The Hall–Kier alpha value is -4.57. The number of fused-ring (bicyclic) bond motifs is 1. The first-order valence-corrected chi connectivity index (χ1v) is 11.4. The minimum atomic E-state index is -0.317. The number of pyridine rings is 2. The van der Waals surface area contributed by atoms with E-state index in [1.807, 2.05) is 67.6 Å². The van der Waals surface area contributed by atoms with Gasteiger partial charge in [-0.2, -0.15) is 10.2 Å². The van der Waals surface area contributed by atoms with Gasteiger partial charge >= 0.3 is 0 Å². The molecule has 0 aliphatic carbocycles. The number of H-pyrrole nitrogens is 1. The van der Waals surface area contributed by atoms with Gasteiger partial charge in [-0.25, -0.2) is 0 Å². The quantitative estimate of drug-likeness (QED) is 0.347. The van der Waals surface area contributed by atoms with Gasteiger partial charge in [0.05, 0.1) is 36.7 Å². The molecule has 0 saturated heterocycles. The first-order chi connectivity index (χ1) is 17.5. The van der Waals surface area contributed by atoms with E-state index in [0.29, 0.717) is 17.1 Å². The average molecular weight is 483 g/mol. The molecule has 1 atom stereocenters. The number of ether oxygens (including phenoxy) is 1. The zero-order valence-electron chi connectivity index (χ0n) is 20.2. The van der Waals surface area contributed by atoms with Crippen LogP contribution in [0.15, 0.2) is 73.6 Å². The highest BCUT2D eigenvalue weighted by Crippen LogP contribution is 2.27. The summed E-state index contributed by atoms with van der Waals surface area (Å²) in [5, 5.41) is 15.4. The van der Waals surface area contributed by atoms with Crippen LogP contribution in [0.1, 0.15) is 22.1 Å². The highest BCUT2D eigenvalue weighted by molar-refractivity contribution is 6.11. The maximum atomic E-state index is 13.1. The molecule has 0 radical (unpaired) electrons. The van der Waals surface area contributed by atoms with Gasteiger partial charge in [-0.05, 0) is 49.5 Å². The van der Waals surface area contributed by atoms with E-state index in [1.165, 1.54) is 0 Å². The lowest BCUT2D eigenvalue weighted by Crippen LogP contribution is -2.26. The first kappa shape index (κ1) is 23.2. The van der Waals surface area contributed by atoms with Gasteiger partial charge in [0, 0.05) is 42.3 Å². The average Bonchev–Trinajstić information content (AvgIpc) is 3.54. The second kappa shape index (κ2) is 9.96. The van der Waals surface area contributed by atoms with Crippen molar-refractivity contribution in [1.29, 1.82) is 0 Å². The van der Waals surface area contributed by atoms with Crippen molar-refractivity contribution in [3.63, 3.8) is 0 Å². The molecule has 10 heteroatoms. The summed E-state index contributed by atoms with van der Waals surface area (Å²) in [5.74, 6) is 0.358. The number of rotatable bonds is 8. The topological polar surface area (TPSA) is 114 Å². The van der Waals surface area contributed by atoms with E-state index in [2.05, 4.69) is 35.5 Å². The summed E-state index contributed by atoms with van der Waals surface area (Å²) >= 11 is 0. The zero-order chi connectivity index (χ0) is 25.1. The molecule has 1 aromatic carbocycles. The number of nitrogens with zero attached hydrogens (tertiary/aromatic N) is 6. The predicted molar refractivity (Wildman–Crippen MR) is 137 cm³/mol. The number of aromatic amines is 1. The van der Waals surface area contributed by atoms with E-state index in [-0.39, 0.29) is 11.9 Å². The monoisotopic (exact) mass is 482 g/mol. The molecule has 4 heterocycles. The summed E-state index contributed by atoms with van der Waals surface area (Å²) in [6.45, 7) is 0.732. The lowest BCUT2D eigenvalue weighted by atomic mass is 10.0. The Labute approximate surface area is 208 Å². The van der Waals surface area contributed by atoms with E-state index >= 15 is 0 Å². The smallest absolute Gasteiger partial charge is 0.276 e. The van der Waals surface area contributed by atoms with Crippen molar-refractivity contribution in [1.82, 2.24) is 34.8 Å². The Morgan fingerprint density at radius 1 is 1.11 bits per heavy atom. The van der Waals surface area contributed by atoms with Crippen LogP contribution in [-0.4, -0.2) is 68.5 Å². The van der Waals surface area contributed by atoms with Gasteiger partial charge in [0.2, 0.25) is 0 Å². The highest BCUT2D eigenvalue weighted by atomic mass is 16.5. The van der Waals surface area contributed by atoms with Crippen LogP contribution < -0.4 is 10.1 Å². The van der Waals surface area contributed by atoms with Crippen molar-refractivity contribution in [2.45, 2.75) is 6.04 Å². The summed E-state index contributed by atoms with van der Waals surface area (Å²) < 4.78 is 7.11. The molecule has 0 saturated carbocycles. The number of likely N-dealkylation sites (N-methyl/N-ethyl adjacent to an activating group) is 1. The summed E-state index contributed by atoms with van der Waals surface area (Å²) in [6.07, 6.45) is 10.5. The van der Waals surface area contributed by atoms with Crippen molar-refractivity contribution in [2.75, 3.05) is 33.1 Å². The van der Waals surface area contributed by atoms with E-state index in [9.17, 15) is 4.79 Å². The van der Waals surface area contributed by atoms with Crippen molar-refractivity contribution in [3.05, 3.63) is 84.8 Å².